The van der Waals surface area contributed by atoms with Crippen molar-refractivity contribution in [1.29, 1.82) is 0 Å². The van der Waals surface area contributed by atoms with Crippen LogP contribution in [0.25, 0.3) is 11.1 Å². The van der Waals surface area contributed by atoms with Gasteiger partial charge < -0.3 is 4.74 Å². The number of para-hydroxylation sites is 1. The standard InChI is InChI=1S/C17H15F3O.C2H6/c1-11-7-8-13(15(10-11)17(18,19)20)14-6-2-4-12-5-3-9-21-16(12)14;1-2/h2,4,6-8,10H,3,5,9H2,1H3;1-2H3. The first-order valence-corrected chi connectivity index (χ1v) is 7.90. The Morgan fingerprint density at radius 3 is 2.43 bits per heavy atom. The van der Waals surface area contributed by atoms with Gasteiger partial charge in [-0.05, 0) is 37.0 Å². The van der Waals surface area contributed by atoms with Crippen LogP contribution in [0.5, 0.6) is 5.75 Å². The number of hydrogen-bond donors (Lipinski definition) is 0. The summed E-state index contributed by atoms with van der Waals surface area (Å²) in [6.07, 6.45) is -2.63. The zero-order chi connectivity index (χ0) is 17.0. The molecule has 0 amide bonds. The average molecular weight is 322 g/mol. The highest BCUT2D eigenvalue weighted by atomic mass is 19.4. The quantitative estimate of drug-likeness (QED) is 0.622. The lowest BCUT2D eigenvalue weighted by Crippen LogP contribution is -2.11. The van der Waals surface area contributed by atoms with E-state index in [1.165, 1.54) is 12.1 Å². The van der Waals surface area contributed by atoms with Gasteiger partial charge in [-0.2, -0.15) is 13.2 Å². The summed E-state index contributed by atoms with van der Waals surface area (Å²) in [5.41, 5.74) is 1.68. The van der Waals surface area contributed by atoms with Gasteiger partial charge in [0.1, 0.15) is 5.75 Å². The monoisotopic (exact) mass is 322 g/mol. The van der Waals surface area contributed by atoms with Crippen molar-refractivity contribution in [2.75, 3.05) is 6.61 Å². The third kappa shape index (κ3) is 3.69. The van der Waals surface area contributed by atoms with Crippen LogP contribution in [-0.2, 0) is 12.6 Å². The highest BCUT2D eigenvalue weighted by molar-refractivity contribution is 5.76. The van der Waals surface area contributed by atoms with Crippen LogP contribution in [0.2, 0.25) is 0 Å². The summed E-state index contributed by atoms with van der Waals surface area (Å²) in [5.74, 6) is 0.595. The Labute approximate surface area is 135 Å². The Bertz CT molecular complexity index is 675. The molecule has 3 rings (SSSR count). The second-order valence-corrected chi connectivity index (χ2v) is 5.29. The van der Waals surface area contributed by atoms with Crippen LogP contribution in [0, 0.1) is 6.92 Å². The molecule has 2 aromatic carbocycles. The molecule has 0 spiro atoms. The smallest absolute Gasteiger partial charge is 0.417 e. The topological polar surface area (TPSA) is 9.23 Å². The molecule has 124 valence electrons. The highest BCUT2D eigenvalue weighted by Gasteiger charge is 2.34. The van der Waals surface area contributed by atoms with Gasteiger partial charge in [0, 0.05) is 5.56 Å². The predicted molar refractivity (Wildman–Crippen MR) is 86.8 cm³/mol. The van der Waals surface area contributed by atoms with Crippen molar-refractivity contribution in [1.82, 2.24) is 0 Å². The van der Waals surface area contributed by atoms with E-state index in [0.29, 0.717) is 23.5 Å². The lowest BCUT2D eigenvalue weighted by Gasteiger charge is -2.22. The van der Waals surface area contributed by atoms with E-state index in [4.69, 9.17) is 4.74 Å². The van der Waals surface area contributed by atoms with Crippen molar-refractivity contribution in [3.63, 3.8) is 0 Å². The van der Waals surface area contributed by atoms with Gasteiger partial charge in [0.25, 0.3) is 0 Å². The number of rotatable bonds is 1. The summed E-state index contributed by atoms with van der Waals surface area (Å²) >= 11 is 0. The van der Waals surface area contributed by atoms with Gasteiger partial charge in [0.15, 0.2) is 0 Å². The summed E-state index contributed by atoms with van der Waals surface area (Å²) in [5, 5.41) is 0. The molecule has 0 radical (unpaired) electrons. The van der Waals surface area contributed by atoms with Crippen LogP contribution in [0.15, 0.2) is 36.4 Å². The first-order valence-electron chi connectivity index (χ1n) is 7.90. The Kier molecular flexibility index (Phi) is 5.34. The molecule has 1 heterocycles. The summed E-state index contributed by atoms with van der Waals surface area (Å²) in [7, 11) is 0. The van der Waals surface area contributed by atoms with Gasteiger partial charge in [-0.25, -0.2) is 0 Å². The van der Waals surface area contributed by atoms with E-state index in [0.717, 1.165) is 18.4 Å². The minimum atomic E-state index is -4.38. The van der Waals surface area contributed by atoms with Gasteiger partial charge in [0.05, 0.1) is 12.2 Å². The Hall–Kier alpha value is -1.97. The molecule has 0 atom stereocenters. The molecule has 2 aromatic rings. The second-order valence-electron chi connectivity index (χ2n) is 5.29. The summed E-state index contributed by atoms with van der Waals surface area (Å²) in [4.78, 5) is 0. The van der Waals surface area contributed by atoms with Crippen molar-refractivity contribution in [3.8, 4) is 16.9 Å². The molecule has 0 N–H and O–H groups in total. The SMILES string of the molecule is CC.Cc1ccc(-c2cccc3c2OCCC3)c(C(F)(F)F)c1. The van der Waals surface area contributed by atoms with Gasteiger partial charge in [-0.15, -0.1) is 0 Å². The van der Waals surface area contributed by atoms with Crippen LogP contribution in [0.4, 0.5) is 13.2 Å². The number of fused-ring (bicyclic) bond motifs is 1. The van der Waals surface area contributed by atoms with E-state index in [9.17, 15) is 13.2 Å². The second kappa shape index (κ2) is 7.07. The van der Waals surface area contributed by atoms with E-state index in [-0.39, 0.29) is 5.56 Å². The normalized spacial score (nSPS) is 13.5. The maximum absolute atomic E-state index is 13.3. The number of ether oxygens (including phenoxy) is 1. The average Bonchev–Trinajstić information content (AvgIpc) is 2.55. The Morgan fingerprint density at radius 2 is 1.74 bits per heavy atom. The molecule has 0 saturated heterocycles. The molecule has 0 fully saturated rings. The molecule has 1 aliphatic rings. The van der Waals surface area contributed by atoms with Crippen molar-refractivity contribution in [2.24, 2.45) is 0 Å². The Balaban J connectivity index is 0.000000924. The van der Waals surface area contributed by atoms with E-state index >= 15 is 0 Å². The fraction of sp³-hybridized carbons (Fsp3) is 0.368. The fourth-order valence-electron chi connectivity index (χ4n) is 2.73. The molecule has 0 unspecified atom stereocenters. The van der Waals surface area contributed by atoms with Crippen molar-refractivity contribution in [3.05, 3.63) is 53.1 Å². The molecular weight excluding hydrogens is 301 g/mol. The van der Waals surface area contributed by atoms with Crippen molar-refractivity contribution in [2.45, 2.75) is 39.8 Å². The third-order valence-corrected chi connectivity index (χ3v) is 3.70. The number of aryl methyl sites for hydroxylation is 2. The molecule has 1 aliphatic heterocycles. The highest BCUT2D eigenvalue weighted by Crippen LogP contribution is 2.42. The summed E-state index contributed by atoms with van der Waals surface area (Å²) < 4.78 is 45.6. The molecule has 23 heavy (non-hydrogen) atoms. The van der Waals surface area contributed by atoms with Crippen LogP contribution >= 0.6 is 0 Å². The summed E-state index contributed by atoms with van der Waals surface area (Å²) in [6.45, 7) is 6.22. The zero-order valence-corrected chi connectivity index (χ0v) is 13.6. The molecule has 4 heteroatoms. The van der Waals surface area contributed by atoms with Crippen LogP contribution in [0.3, 0.4) is 0 Å². The van der Waals surface area contributed by atoms with Crippen LogP contribution in [-0.4, -0.2) is 6.61 Å². The predicted octanol–water partition coefficient (Wildman–Crippen LogP) is 6.03. The molecule has 0 bridgehead atoms. The third-order valence-electron chi connectivity index (χ3n) is 3.70. The van der Waals surface area contributed by atoms with Gasteiger partial charge in [0.2, 0.25) is 0 Å². The maximum atomic E-state index is 13.3. The summed E-state index contributed by atoms with van der Waals surface area (Å²) in [6, 6.07) is 9.84. The molecular formula is C19H21F3O. The van der Waals surface area contributed by atoms with Gasteiger partial charge in [-0.1, -0.05) is 49.7 Å². The zero-order valence-electron chi connectivity index (χ0n) is 13.6. The van der Waals surface area contributed by atoms with E-state index in [1.54, 1.807) is 25.1 Å². The van der Waals surface area contributed by atoms with Crippen molar-refractivity contribution >= 4 is 0 Å². The fourth-order valence-corrected chi connectivity index (χ4v) is 2.73. The first-order chi connectivity index (χ1) is 11.0. The largest absolute Gasteiger partial charge is 0.493 e. The van der Waals surface area contributed by atoms with Crippen LogP contribution < -0.4 is 4.74 Å². The minimum Gasteiger partial charge on any atom is -0.493 e. The van der Waals surface area contributed by atoms with E-state index < -0.39 is 11.7 Å². The molecule has 0 saturated carbocycles. The number of benzene rings is 2. The van der Waals surface area contributed by atoms with E-state index in [2.05, 4.69) is 0 Å². The van der Waals surface area contributed by atoms with E-state index in [1.807, 2.05) is 19.9 Å². The lowest BCUT2D eigenvalue weighted by atomic mass is 9.93. The molecule has 0 aliphatic carbocycles. The number of hydrogen-bond acceptors (Lipinski definition) is 1. The van der Waals surface area contributed by atoms with Gasteiger partial charge in [-0.3, -0.25) is 0 Å². The van der Waals surface area contributed by atoms with Crippen LogP contribution in [0.1, 0.15) is 37.0 Å². The lowest BCUT2D eigenvalue weighted by molar-refractivity contribution is -0.137. The number of alkyl halides is 3. The van der Waals surface area contributed by atoms with Gasteiger partial charge >= 0.3 is 6.18 Å². The maximum Gasteiger partial charge on any atom is 0.417 e. The number of halogens is 3. The minimum absolute atomic E-state index is 0.187. The van der Waals surface area contributed by atoms with Crippen molar-refractivity contribution < 1.29 is 17.9 Å². The Morgan fingerprint density at radius 1 is 1.00 bits per heavy atom. The first kappa shape index (κ1) is 17.4. The molecule has 0 aromatic heterocycles. The molecule has 1 nitrogen and oxygen atoms in total.